The van der Waals surface area contributed by atoms with Crippen molar-refractivity contribution in [2.75, 3.05) is 32.7 Å². The van der Waals surface area contributed by atoms with Gasteiger partial charge in [-0.25, -0.2) is 4.98 Å². The third-order valence-corrected chi connectivity index (χ3v) is 4.78. The number of piperazine rings is 2. The van der Waals surface area contributed by atoms with E-state index in [1.165, 1.54) is 18.2 Å². The number of carbonyl (C=O) groups excluding carboxylic acids is 2. The van der Waals surface area contributed by atoms with Gasteiger partial charge in [-0.1, -0.05) is 0 Å². The van der Waals surface area contributed by atoms with Gasteiger partial charge in [0.15, 0.2) is 0 Å². The number of nitrogens with one attached hydrogen (secondary N) is 2. The minimum atomic E-state index is -4.58. The predicted octanol–water partition coefficient (Wildman–Crippen LogP) is 0.838. The quantitative estimate of drug-likeness (QED) is 0.783. The molecule has 138 valence electrons. The van der Waals surface area contributed by atoms with Crippen LogP contribution in [0.5, 0.6) is 0 Å². The van der Waals surface area contributed by atoms with E-state index in [9.17, 15) is 22.8 Å². The summed E-state index contributed by atoms with van der Waals surface area (Å²) in [6, 6.07) is 3.83. The molecule has 0 bridgehead atoms. The van der Waals surface area contributed by atoms with Crippen LogP contribution in [0.25, 0.3) is 11.0 Å². The molecule has 0 spiro atoms. The highest BCUT2D eigenvalue weighted by Gasteiger charge is 2.37. The molecule has 2 fully saturated rings. The molecule has 1 aromatic heterocycles. The Morgan fingerprint density at radius 1 is 1.23 bits per heavy atom. The molecule has 1 aromatic carbocycles. The second-order valence-corrected chi connectivity index (χ2v) is 6.41. The molecule has 26 heavy (non-hydrogen) atoms. The van der Waals surface area contributed by atoms with E-state index in [1.807, 2.05) is 4.90 Å². The highest BCUT2D eigenvalue weighted by molar-refractivity contribution is 5.98. The summed E-state index contributed by atoms with van der Waals surface area (Å²) in [7, 11) is 0. The van der Waals surface area contributed by atoms with Gasteiger partial charge in [0.05, 0.1) is 11.0 Å². The number of nitrogens with zero attached hydrogens (tertiary/aromatic N) is 3. The number of imidazole rings is 1. The number of rotatable bonds is 1. The minimum absolute atomic E-state index is 0.104. The van der Waals surface area contributed by atoms with Crippen LogP contribution < -0.4 is 5.32 Å². The molecule has 2 amide bonds. The Balaban J connectivity index is 1.57. The number of H-pyrrole nitrogens is 1. The van der Waals surface area contributed by atoms with E-state index in [-0.39, 0.29) is 41.0 Å². The lowest BCUT2D eigenvalue weighted by Gasteiger charge is -2.43. The Morgan fingerprint density at radius 3 is 2.81 bits per heavy atom. The summed E-state index contributed by atoms with van der Waals surface area (Å²) in [5.41, 5.74) is 0.558. The average Bonchev–Trinajstić information content (AvgIpc) is 3.05. The van der Waals surface area contributed by atoms with E-state index in [4.69, 9.17) is 0 Å². The largest absolute Gasteiger partial charge is 0.449 e. The van der Waals surface area contributed by atoms with E-state index in [1.54, 1.807) is 4.90 Å². The molecule has 3 heterocycles. The van der Waals surface area contributed by atoms with Gasteiger partial charge in [-0.15, -0.1) is 0 Å². The van der Waals surface area contributed by atoms with Crippen molar-refractivity contribution in [1.29, 1.82) is 0 Å². The number of aromatic nitrogens is 2. The molecule has 0 radical (unpaired) electrons. The molecule has 2 saturated heterocycles. The number of aromatic amines is 1. The molecule has 0 unspecified atom stereocenters. The lowest BCUT2D eigenvalue weighted by molar-refractivity contribution is -0.144. The van der Waals surface area contributed by atoms with Gasteiger partial charge < -0.3 is 15.2 Å². The average molecular weight is 367 g/mol. The van der Waals surface area contributed by atoms with Gasteiger partial charge in [0, 0.05) is 38.3 Å². The Kier molecular flexibility index (Phi) is 3.87. The molecule has 1 atom stereocenters. The van der Waals surface area contributed by atoms with E-state index in [0.717, 1.165) is 6.54 Å². The lowest BCUT2D eigenvalue weighted by atomic mass is 10.1. The van der Waals surface area contributed by atoms with Crippen LogP contribution in [0.3, 0.4) is 0 Å². The van der Waals surface area contributed by atoms with Crippen molar-refractivity contribution in [3.8, 4) is 0 Å². The van der Waals surface area contributed by atoms with Gasteiger partial charge in [-0.3, -0.25) is 14.5 Å². The van der Waals surface area contributed by atoms with Crippen LogP contribution in [0.4, 0.5) is 13.2 Å². The number of carbonyl (C=O) groups is 2. The van der Waals surface area contributed by atoms with E-state index in [0.29, 0.717) is 19.6 Å². The normalized spacial score (nSPS) is 21.6. The summed E-state index contributed by atoms with van der Waals surface area (Å²) in [6.45, 7) is 2.67. The minimum Gasteiger partial charge on any atom is -0.353 e. The van der Waals surface area contributed by atoms with Gasteiger partial charge >= 0.3 is 6.18 Å². The molecule has 7 nitrogen and oxygen atoms in total. The van der Waals surface area contributed by atoms with Crippen molar-refractivity contribution in [3.05, 3.63) is 29.6 Å². The van der Waals surface area contributed by atoms with Crippen molar-refractivity contribution in [1.82, 2.24) is 25.1 Å². The molecule has 0 aliphatic carbocycles. The van der Waals surface area contributed by atoms with Gasteiger partial charge in [0.1, 0.15) is 6.04 Å². The number of benzene rings is 1. The van der Waals surface area contributed by atoms with Crippen molar-refractivity contribution >= 4 is 22.8 Å². The zero-order valence-corrected chi connectivity index (χ0v) is 13.6. The molecule has 2 aliphatic heterocycles. The van der Waals surface area contributed by atoms with Gasteiger partial charge in [0.2, 0.25) is 11.7 Å². The summed E-state index contributed by atoms with van der Waals surface area (Å²) in [5.74, 6) is -1.51. The number of alkyl halides is 3. The van der Waals surface area contributed by atoms with Crippen LogP contribution in [0.15, 0.2) is 18.2 Å². The fraction of sp³-hybridized carbons (Fsp3) is 0.438. The first-order valence-electron chi connectivity index (χ1n) is 8.21. The third-order valence-electron chi connectivity index (χ3n) is 4.78. The predicted molar refractivity (Wildman–Crippen MR) is 85.4 cm³/mol. The van der Waals surface area contributed by atoms with Gasteiger partial charge in [-0.2, -0.15) is 13.2 Å². The zero-order valence-electron chi connectivity index (χ0n) is 13.6. The maximum absolute atomic E-state index is 12.8. The molecule has 10 heteroatoms. The summed E-state index contributed by atoms with van der Waals surface area (Å²) in [5, 5.41) is 2.78. The highest BCUT2D eigenvalue weighted by Crippen LogP contribution is 2.29. The van der Waals surface area contributed by atoms with Crippen LogP contribution in [0.1, 0.15) is 16.2 Å². The first-order valence-corrected chi connectivity index (χ1v) is 8.21. The summed E-state index contributed by atoms with van der Waals surface area (Å²) < 4.78 is 38.3. The molecule has 2 N–H and O–H groups in total. The molecule has 4 rings (SSSR count). The molecule has 0 saturated carbocycles. The maximum atomic E-state index is 12.8. The molecular weight excluding hydrogens is 351 g/mol. The second kappa shape index (κ2) is 5.97. The number of fused-ring (bicyclic) bond motifs is 2. The number of hydrogen-bond acceptors (Lipinski definition) is 4. The SMILES string of the molecule is O=C1NCCN2CCN(C(=O)c3ccc4nc(C(F)(F)F)[nH]c4c3)C[C@@H]12. The Labute approximate surface area is 146 Å². The Morgan fingerprint density at radius 2 is 2.04 bits per heavy atom. The van der Waals surface area contributed by atoms with E-state index in [2.05, 4.69) is 15.3 Å². The van der Waals surface area contributed by atoms with Crippen molar-refractivity contribution in [2.45, 2.75) is 12.2 Å². The first kappa shape index (κ1) is 16.8. The summed E-state index contributed by atoms with van der Waals surface area (Å²) >= 11 is 0. The maximum Gasteiger partial charge on any atom is 0.449 e. The molecule has 2 aliphatic rings. The Bertz CT molecular complexity index is 878. The topological polar surface area (TPSA) is 81.3 Å². The van der Waals surface area contributed by atoms with Crippen LogP contribution >= 0.6 is 0 Å². The van der Waals surface area contributed by atoms with Crippen LogP contribution in [0.2, 0.25) is 0 Å². The molecule has 2 aromatic rings. The second-order valence-electron chi connectivity index (χ2n) is 6.41. The summed E-state index contributed by atoms with van der Waals surface area (Å²) in [4.78, 5) is 34.0. The van der Waals surface area contributed by atoms with Crippen molar-refractivity contribution in [2.24, 2.45) is 0 Å². The van der Waals surface area contributed by atoms with Crippen LogP contribution in [0, 0.1) is 0 Å². The molecular formula is C16H16F3N5O2. The van der Waals surface area contributed by atoms with Gasteiger partial charge in [0.25, 0.3) is 5.91 Å². The van der Waals surface area contributed by atoms with Crippen molar-refractivity contribution in [3.63, 3.8) is 0 Å². The fourth-order valence-electron chi connectivity index (χ4n) is 3.42. The number of halogens is 3. The Hall–Kier alpha value is -2.62. The first-order chi connectivity index (χ1) is 12.3. The van der Waals surface area contributed by atoms with E-state index < -0.39 is 12.0 Å². The highest BCUT2D eigenvalue weighted by atomic mass is 19.4. The fourth-order valence-corrected chi connectivity index (χ4v) is 3.42. The zero-order chi connectivity index (χ0) is 18.5. The number of hydrogen-bond donors (Lipinski definition) is 2. The monoisotopic (exact) mass is 367 g/mol. The van der Waals surface area contributed by atoms with Crippen molar-refractivity contribution < 1.29 is 22.8 Å². The number of amides is 2. The lowest BCUT2D eigenvalue weighted by Crippen LogP contribution is -2.64. The van der Waals surface area contributed by atoms with Crippen LogP contribution in [-0.2, 0) is 11.0 Å². The third kappa shape index (κ3) is 2.90. The van der Waals surface area contributed by atoms with Crippen LogP contribution in [-0.4, -0.2) is 70.3 Å². The smallest absolute Gasteiger partial charge is 0.353 e. The van der Waals surface area contributed by atoms with E-state index >= 15 is 0 Å². The van der Waals surface area contributed by atoms with Gasteiger partial charge in [-0.05, 0) is 18.2 Å². The summed E-state index contributed by atoms with van der Waals surface area (Å²) in [6.07, 6.45) is -4.58. The standard InChI is InChI=1S/C16H16F3N5O2/c17-16(18,19)15-21-10-2-1-9(7-11(10)22-15)14(26)24-6-5-23-4-3-20-13(25)12(23)8-24/h1-2,7,12H,3-6,8H2,(H,20,25)(H,21,22)/t12-/m0/s1.